The van der Waals surface area contributed by atoms with Crippen LogP contribution >= 0.6 is 0 Å². The molecule has 0 heterocycles. The van der Waals surface area contributed by atoms with Gasteiger partial charge in [0.2, 0.25) is 0 Å². The first kappa shape index (κ1) is 16.9. The molecule has 0 aliphatic carbocycles. The van der Waals surface area contributed by atoms with Gasteiger partial charge in [-0.1, -0.05) is 27.7 Å². The first-order valence-corrected chi connectivity index (χ1v) is 6.70. The van der Waals surface area contributed by atoms with Crippen LogP contribution in [0.2, 0.25) is 0 Å². The molecule has 0 aliphatic rings. The molecule has 0 fully saturated rings. The first-order valence-electron chi connectivity index (χ1n) is 6.70. The predicted octanol–water partition coefficient (Wildman–Crippen LogP) is 2.10. The zero-order chi connectivity index (χ0) is 13.7. The summed E-state index contributed by atoms with van der Waals surface area (Å²) in [4.78, 5) is 2.24. The van der Waals surface area contributed by atoms with Gasteiger partial charge < -0.3 is 10.4 Å². The van der Waals surface area contributed by atoms with Crippen molar-refractivity contribution in [3.05, 3.63) is 0 Å². The highest BCUT2D eigenvalue weighted by atomic mass is 16.3. The van der Waals surface area contributed by atoms with Crippen molar-refractivity contribution in [1.82, 2.24) is 10.2 Å². The minimum Gasteiger partial charge on any atom is -0.394 e. The highest BCUT2D eigenvalue weighted by molar-refractivity contribution is 4.84. The fourth-order valence-electron chi connectivity index (χ4n) is 1.83. The van der Waals surface area contributed by atoms with Crippen LogP contribution in [0.15, 0.2) is 0 Å². The van der Waals surface area contributed by atoms with Gasteiger partial charge in [0.25, 0.3) is 0 Å². The van der Waals surface area contributed by atoms with Gasteiger partial charge in [0.1, 0.15) is 0 Å². The van der Waals surface area contributed by atoms with E-state index in [-0.39, 0.29) is 17.6 Å². The van der Waals surface area contributed by atoms with E-state index in [0.29, 0.717) is 6.04 Å². The zero-order valence-electron chi connectivity index (χ0n) is 12.8. The molecule has 104 valence electrons. The summed E-state index contributed by atoms with van der Waals surface area (Å²) in [5, 5.41) is 12.9. The molecule has 17 heavy (non-hydrogen) atoms. The summed E-state index contributed by atoms with van der Waals surface area (Å²) in [6.07, 6.45) is 1.11. The molecular weight excluding hydrogens is 212 g/mol. The molecule has 0 saturated carbocycles. The molecule has 0 spiro atoms. The van der Waals surface area contributed by atoms with E-state index >= 15 is 0 Å². The Morgan fingerprint density at radius 2 is 1.71 bits per heavy atom. The summed E-state index contributed by atoms with van der Waals surface area (Å²) in [6.45, 7) is 15.3. The monoisotopic (exact) mass is 244 g/mol. The van der Waals surface area contributed by atoms with Gasteiger partial charge in [-0.2, -0.15) is 0 Å². The quantitative estimate of drug-likeness (QED) is 0.720. The average molecular weight is 244 g/mol. The van der Waals surface area contributed by atoms with Gasteiger partial charge in [-0.3, -0.25) is 4.90 Å². The Bertz CT molecular complexity index is 209. The maximum Gasteiger partial charge on any atom is 0.0609 e. The Balaban J connectivity index is 4.32. The fourth-order valence-corrected chi connectivity index (χ4v) is 1.83. The topological polar surface area (TPSA) is 35.5 Å². The van der Waals surface area contributed by atoms with Gasteiger partial charge in [0.05, 0.1) is 6.61 Å². The van der Waals surface area contributed by atoms with Crippen molar-refractivity contribution in [3.63, 3.8) is 0 Å². The van der Waals surface area contributed by atoms with E-state index in [1.807, 2.05) is 0 Å². The highest BCUT2D eigenvalue weighted by Crippen LogP contribution is 2.23. The van der Waals surface area contributed by atoms with Crippen molar-refractivity contribution in [3.8, 4) is 0 Å². The summed E-state index contributed by atoms with van der Waals surface area (Å²) in [6, 6.07) is 0.518. The van der Waals surface area contributed by atoms with Gasteiger partial charge >= 0.3 is 0 Å². The van der Waals surface area contributed by atoms with Crippen molar-refractivity contribution >= 4 is 0 Å². The molecule has 2 N–H and O–H groups in total. The SMILES string of the molecule is CCNC(CCN(C)C(C)(C)CO)C(C)(C)C. The largest absolute Gasteiger partial charge is 0.394 e. The van der Waals surface area contributed by atoms with Crippen molar-refractivity contribution in [1.29, 1.82) is 0 Å². The number of hydrogen-bond acceptors (Lipinski definition) is 3. The third kappa shape index (κ3) is 5.84. The van der Waals surface area contributed by atoms with E-state index in [1.54, 1.807) is 0 Å². The molecule has 0 amide bonds. The number of rotatable bonds is 7. The van der Waals surface area contributed by atoms with E-state index in [2.05, 4.69) is 58.8 Å². The van der Waals surface area contributed by atoms with E-state index in [9.17, 15) is 5.11 Å². The van der Waals surface area contributed by atoms with Crippen LogP contribution in [0.5, 0.6) is 0 Å². The molecule has 0 bridgehead atoms. The maximum atomic E-state index is 9.34. The summed E-state index contributed by atoms with van der Waals surface area (Å²) < 4.78 is 0. The van der Waals surface area contributed by atoms with Crippen molar-refractivity contribution in [2.45, 2.75) is 59.5 Å². The number of nitrogens with zero attached hydrogens (tertiary/aromatic N) is 1. The molecular formula is C14H32N2O. The summed E-state index contributed by atoms with van der Waals surface area (Å²) in [5.74, 6) is 0. The lowest BCUT2D eigenvalue weighted by atomic mass is 9.84. The van der Waals surface area contributed by atoms with Crippen molar-refractivity contribution in [2.24, 2.45) is 5.41 Å². The third-order valence-corrected chi connectivity index (χ3v) is 3.67. The standard InChI is InChI=1S/C14H32N2O/c1-8-15-12(13(2,3)4)9-10-16(7)14(5,6)11-17/h12,15,17H,8-11H2,1-7H3. The van der Waals surface area contributed by atoms with E-state index < -0.39 is 0 Å². The Hall–Kier alpha value is -0.120. The molecule has 3 nitrogen and oxygen atoms in total. The normalized spacial score (nSPS) is 15.4. The van der Waals surface area contributed by atoms with Gasteiger partial charge in [0.15, 0.2) is 0 Å². The van der Waals surface area contributed by atoms with Crippen LogP contribution in [0.1, 0.15) is 48.0 Å². The Morgan fingerprint density at radius 1 is 1.18 bits per heavy atom. The molecule has 0 radical (unpaired) electrons. The van der Waals surface area contributed by atoms with Gasteiger partial charge in [-0.15, -0.1) is 0 Å². The fraction of sp³-hybridized carbons (Fsp3) is 1.00. The van der Waals surface area contributed by atoms with E-state index in [1.165, 1.54) is 0 Å². The van der Waals surface area contributed by atoms with Crippen LogP contribution in [0.4, 0.5) is 0 Å². The molecule has 0 aromatic rings. The Labute approximate surface area is 108 Å². The predicted molar refractivity (Wildman–Crippen MR) is 75.3 cm³/mol. The molecule has 0 aliphatic heterocycles. The lowest BCUT2D eigenvalue weighted by molar-refractivity contribution is 0.0713. The minimum absolute atomic E-state index is 0.130. The van der Waals surface area contributed by atoms with Gasteiger partial charge in [-0.05, 0) is 45.8 Å². The van der Waals surface area contributed by atoms with Crippen LogP contribution in [0.3, 0.4) is 0 Å². The Morgan fingerprint density at radius 3 is 2.06 bits per heavy atom. The van der Waals surface area contributed by atoms with Crippen molar-refractivity contribution in [2.75, 3.05) is 26.7 Å². The van der Waals surface area contributed by atoms with E-state index in [4.69, 9.17) is 0 Å². The lowest BCUT2D eigenvalue weighted by Gasteiger charge is -2.37. The molecule has 0 rings (SSSR count). The molecule has 1 unspecified atom stereocenters. The van der Waals surface area contributed by atoms with Crippen LogP contribution in [-0.2, 0) is 0 Å². The second-order valence-corrected chi connectivity index (χ2v) is 6.66. The second kappa shape index (κ2) is 6.72. The number of nitrogens with one attached hydrogen (secondary N) is 1. The average Bonchev–Trinajstić information content (AvgIpc) is 2.21. The lowest BCUT2D eigenvalue weighted by Crippen LogP contribution is -2.48. The molecule has 0 saturated heterocycles. The molecule has 3 heteroatoms. The first-order chi connectivity index (χ1) is 7.65. The van der Waals surface area contributed by atoms with Crippen LogP contribution < -0.4 is 5.32 Å². The van der Waals surface area contributed by atoms with Gasteiger partial charge in [0, 0.05) is 11.6 Å². The summed E-state index contributed by atoms with van der Waals surface area (Å²) in [7, 11) is 2.09. The maximum absolute atomic E-state index is 9.34. The smallest absolute Gasteiger partial charge is 0.0609 e. The van der Waals surface area contributed by atoms with Crippen LogP contribution in [0.25, 0.3) is 0 Å². The minimum atomic E-state index is -0.130. The molecule has 1 atom stereocenters. The molecule has 0 aromatic carbocycles. The van der Waals surface area contributed by atoms with Crippen LogP contribution in [0, 0.1) is 5.41 Å². The van der Waals surface area contributed by atoms with Crippen LogP contribution in [-0.4, -0.2) is 48.3 Å². The second-order valence-electron chi connectivity index (χ2n) is 6.66. The summed E-state index contributed by atoms with van der Waals surface area (Å²) >= 11 is 0. The number of likely N-dealkylation sites (N-methyl/N-ethyl adjacent to an activating group) is 1. The van der Waals surface area contributed by atoms with Crippen molar-refractivity contribution < 1.29 is 5.11 Å². The number of hydrogen-bond donors (Lipinski definition) is 2. The number of aliphatic hydroxyl groups is 1. The molecule has 0 aromatic heterocycles. The summed E-state index contributed by atoms with van der Waals surface area (Å²) in [5.41, 5.74) is 0.148. The Kier molecular flexibility index (Phi) is 6.67. The highest BCUT2D eigenvalue weighted by Gasteiger charge is 2.27. The zero-order valence-corrected chi connectivity index (χ0v) is 12.8. The van der Waals surface area contributed by atoms with E-state index in [0.717, 1.165) is 19.5 Å². The third-order valence-electron chi connectivity index (χ3n) is 3.67. The number of aliphatic hydroxyl groups excluding tert-OH is 1. The van der Waals surface area contributed by atoms with Gasteiger partial charge in [-0.25, -0.2) is 0 Å².